The van der Waals surface area contributed by atoms with Crippen molar-refractivity contribution in [1.82, 2.24) is 4.98 Å². The summed E-state index contributed by atoms with van der Waals surface area (Å²) in [6.45, 7) is 0. The van der Waals surface area contributed by atoms with Crippen LogP contribution in [0.15, 0.2) is 42.7 Å². The maximum Gasteiger partial charge on any atom is 0.238 e. The number of pyridine rings is 1. The number of benzene rings is 1. The van der Waals surface area contributed by atoms with Gasteiger partial charge in [-0.05, 0) is 24.3 Å². The number of carbonyl (C=O) groups excluding carboxylic acids is 1. The van der Waals surface area contributed by atoms with Gasteiger partial charge in [0.05, 0.1) is 19.4 Å². The monoisotopic (exact) mass is 283 g/mol. The van der Waals surface area contributed by atoms with E-state index in [0.717, 1.165) is 0 Å². The topological polar surface area (TPSA) is 84.2 Å². The van der Waals surface area contributed by atoms with Crippen molar-refractivity contribution in [3.8, 4) is 23.3 Å². The molecular weight excluding hydrogens is 270 g/mol. The Morgan fingerprint density at radius 3 is 2.90 bits per heavy atom. The van der Waals surface area contributed by atoms with Crippen molar-refractivity contribution < 1.29 is 14.3 Å². The molecule has 21 heavy (non-hydrogen) atoms. The van der Waals surface area contributed by atoms with Gasteiger partial charge in [0.1, 0.15) is 12.2 Å². The maximum atomic E-state index is 11.4. The van der Waals surface area contributed by atoms with E-state index < -0.39 is 0 Å². The molecule has 1 N–H and O–H groups in total. The van der Waals surface area contributed by atoms with Gasteiger partial charge in [0.15, 0.2) is 11.5 Å². The van der Waals surface area contributed by atoms with Gasteiger partial charge in [0.2, 0.25) is 5.91 Å². The van der Waals surface area contributed by atoms with E-state index in [-0.39, 0.29) is 12.3 Å². The van der Waals surface area contributed by atoms with Gasteiger partial charge in [-0.3, -0.25) is 9.78 Å². The van der Waals surface area contributed by atoms with Gasteiger partial charge < -0.3 is 14.8 Å². The van der Waals surface area contributed by atoms with E-state index in [9.17, 15) is 4.79 Å². The zero-order valence-electron chi connectivity index (χ0n) is 11.4. The minimum absolute atomic E-state index is 0.198. The zero-order chi connectivity index (χ0) is 15.1. The van der Waals surface area contributed by atoms with E-state index in [1.165, 1.54) is 7.11 Å². The summed E-state index contributed by atoms with van der Waals surface area (Å²) in [6, 6.07) is 10.3. The van der Waals surface area contributed by atoms with E-state index >= 15 is 0 Å². The van der Waals surface area contributed by atoms with Crippen LogP contribution >= 0.6 is 0 Å². The van der Waals surface area contributed by atoms with Crippen LogP contribution in [0.25, 0.3) is 0 Å². The van der Waals surface area contributed by atoms with Crippen LogP contribution < -0.4 is 14.8 Å². The van der Waals surface area contributed by atoms with Crippen LogP contribution in [0.3, 0.4) is 0 Å². The summed E-state index contributed by atoms with van der Waals surface area (Å²) >= 11 is 0. The second kappa shape index (κ2) is 6.91. The summed E-state index contributed by atoms with van der Waals surface area (Å²) in [5.74, 6) is 1.18. The fraction of sp³-hybridized carbons (Fsp3) is 0.133. The highest BCUT2D eigenvalue weighted by Gasteiger charge is 2.09. The average Bonchev–Trinajstić information content (AvgIpc) is 2.50. The summed E-state index contributed by atoms with van der Waals surface area (Å²) < 4.78 is 10.9. The number of rotatable bonds is 5. The molecule has 0 saturated heterocycles. The molecule has 6 heteroatoms. The Hall–Kier alpha value is -3.07. The molecule has 6 nitrogen and oxygen atoms in total. The molecule has 0 atom stereocenters. The third-order valence-electron chi connectivity index (χ3n) is 2.55. The Morgan fingerprint density at radius 2 is 2.24 bits per heavy atom. The van der Waals surface area contributed by atoms with E-state index in [4.69, 9.17) is 14.7 Å². The summed E-state index contributed by atoms with van der Waals surface area (Å²) in [7, 11) is 1.51. The number of amides is 1. The predicted molar refractivity (Wildman–Crippen MR) is 76.2 cm³/mol. The van der Waals surface area contributed by atoms with Gasteiger partial charge in [-0.2, -0.15) is 5.26 Å². The lowest BCUT2D eigenvalue weighted by Crippen LogP contribution is -2.10. The van der Waals surface area contributed by atoms with Crippen LogP contribution in [0, 0.1) is 11.3 Å². The summed E-state index contributed by atoms with van der Waals surface area (Å²) in [5, 5.41) is 11.1. The molecule has 2 aromatic rings. The second-order valence-corrected chi connectivity index (χ2v) is 4.04. The van der Waals surface area contributed by atoms with E-state index in [1.807, 2.05) is 0 Å². The van der Waals surface area contributed by atoms with Gasteiger partial charge in [0.25, 0.3) is 0 Å². The van der Waals surface area contributed by atoms with Gasteiger partial charge in [0, 0.05) is 18.0 Å². The average molecular weight is 283 g/mol. The first-order valence-corrected chi connectivity index (χ1v) is 6.15. The quantitative estimate of drug-likeness (QED) is 0.912. The number of ether oxygens (including phenoxy) is 2. The number of hydrogen-bond donors (Lipinski definition) is 1. The van der Waals surface area contributed by atoms with Crippen molar-refractivity contribution in [2.24, 2.45) is 0 Å². The van der Waals surface area contributed by atoms with Gasteiger partial charge in [-0.1, -0.05) is 0 Å². The lowest BCUT2D eigenvalue weighted by atomic mass is 10.2. The first kappa shape index (κ1) is 14.3. The van der Waals surface area contributed by atoms with Crippen LogP contribution in [0.1, 0.15) is 6.42 Å². The van der Waals surface area contributed by atoms with Crippen molar-refractivity contribution in [3.05, 3.63) is 42.7 Å². The van der Waals surface area contributed by atoms with Gasteiger partial charge in [-0.15, -0.1) is 0 Å². The fourth-order valence-electron chi connectivity index (χ4n) is 1.64. The number of carbonyl (C=O) groups is 1. The molecule has 0 bridgehead atoms. The molecule has 2 rings (SSSR count). The smallest absolute Gasteiger partial charge is 0.238 e. The Kier molecular flexibility index (Phi) is 4.72. The standard InChI is InChI=1S/C15H13N3O3/c1-20-14-9-11(18-15(19)6-7-16)4-5-13(14)21-12-3-2-8-17-10-12/h2-5,8-10H,6H2,1H3,(H,18,19). The maximum absolute atomic E-state index is 11.4. The Morgan fingerprint density at radius 1 is 1.38 bits per heavy atom. The molecular formula is C15H13N3O3. The van der Waals surface area contributed by atoms with Crippen molar-refractivity contribution in [2.45, 2.75) is 6.42 Å². The van der Waals surface area contributed by atoms with Gasteiger partial charge >= 0.3 is 0 Å². The molecule has 106 valence electrons. The van der Waals surface area contributed by atoms with Gasteiger partial charge in [-0.25, -0.2) is 0 Å². The minimum atomic E-state index is -0.375. The largest absolute Gasteiger partial charge is 0.493 e. The second-order valence-electron chi connectivity index (χ2n) is 4.04. The highest BCUT2D eigenvalue weighted by Crippen LogP contribution is 2.33. The Bertz CT molecular complexity index is 666. The molecule has 0 spiro atoms. The first-order chi connectivity index (χ1) is 10.2. The third-order valence-corrected chi connectivity index (χ3v) is 2.55. The normalized spacial score (nSPS) is 9.52. The van der Waals surface area contributed by atoms with Crippen LogP contribution in [0.5, 0.6) is 17.2 Å². The van der Waals surface area contributed by atoms with Crippen LogP contribution in [-0.2, 0) is 4.79 Å². The lowest BCUT2D eigenvalue weighted by Gasteiger charge is -2.12. The van der Waals surface area contributed by atoms with Crippen molar-refractivity contribution >= 4 is 11.6 Å². The number of methoxy groups -OCH3 is 1. The zero-order valence-corrected chi connectivity index (χ0v) is 11.4. The van der Waals surface area contributed by atoms with Crippen molar-refractivity contribution in [3.63, 3.8) is 0 Å². The number of anilines is 1. The highest BCUT2D eigenvalue weighted by molar-refractivity contribution is 5.92. The SMILES string of the molecule is COc1cc(NC(=O)CC#N)ccc1Oc1cccnc1. The summed E-state index contributed by atoms with van der Waals surface area (Å²) in [6.07, 6.45) is 3.04. The predicted octanol–water partition coefficient (Wildman–Crippen LogP) is 2.73. The molecule has 0 aliphatic heterocycles. The number of nitrogens with one attached hydrogen (secondary N) is 1. The molecule has 0 aliphatic rings. The van der Waals surface area contributed by atoms with Crippen LogP contribution in [0.4, 0.5) is 5.69 Å². The summed E-state index contributed by atoms with van der Waals surface area (Å²) in [4.78, 5) is 15.3. The Labute approximate surface area is 121 Å². The Balaban J connectivity index is 2.17. The first-order valence-electron chi connectivity index (χ1n) is 6.15. The van der Waals surface area contributed by atoms with E-state index in [0.29, 0.717) is 22.9 Å². The molecule has 0 saturated carbocycles. The molecule has 1 heterocycles. The molecule has 0 fully saturated rings. The fourth-order valence-corrected chi connectivity index (χ4v) is 1.64. The van der Waals surface area contributed by atoms with Crippen LogP contribution in [0.2, 0.25) is 0 Å². The lowest BCUT2D eigenvalue weighted by molar-refractivity contribution is -0.115. The van der Waals surface area contributed by atoms with E-state index in [2.05, 4.69) is 10.3 Å². The molecule has 0 aliphatic carbocycles. The van der Waals surface area contributed by atoms with Crippen LogP contribution in [-0.4, -0.2) is 18.0 Å². The molecule has 1 aromatic heterocycles. The number of aromatic nitrogens is 1. The molecule has 0 radical (unpaired) electrons. The molecule has 1 amide bonds. The number of nitrogens with zero attached hydrogens (tertiary/aromatic N) is 2. The molecule has 0 unspecified atom stereocenters. The molecule has 1 aromatic carbocycles. The van der Waals surface area contributed by atoms with Crippen molar-refractivity contribution in [1.29, 1.82) is 5.26 Å². The number of hydrogen-bond acceptors (Lipinski definition) is 5. The van der Waals surface area contributed by atoms with Crippen molar-refractivity contribution in [2.75, 3.05) is 12.4 Å². The summed E-state index contributed by atoms with van der Waals surface area (Å²) in [5.41, 5.74) is 0.533. The number of nitriles is 1. The minimum Gasteiger partial charge on any atom is -0.493 e. The third kappa shape index (κ3) is 3.94. The highest BCUT2D eigenvalue weighted by atomic mass is 16.5. The van der Waals surface area contributed by atoms with E-state index in [1.54, 1.807) is 48.8 Å².